The lowest BCUT2D eigenvalue weighted by molar-refractivity contribution is -0.149. The maximum absolute atomic E-state index is 13.2. The molecule has 0 radical (unpaired) electrons. The minimum Gasteiger partial charge on any atom is -0.465 e. The van der Waals surface area contributed by atoms with Gasteiger partial charge in [0, 0.05) is 0 Å². The summed E-state index contributed by atoms with van der Waals surface area (Å²) in [6.45, 7) is 9.80. The predicted molar refractivity (Wildman–Crippen MR) is 198 cm³/mol. The van der Waals surface area contributed by atoms with Gasteiger partial charge in [-0.1, -0.05) is 200 Å². The van der Waals surface area contributed by atoms with E-state index < -0.39 is 0 Å². The highest BCUT2D eigenvalue weighted by Crippen LogP contribution is 2.24. The molecule has 44 heavy (non-hydrogen) atoms. The van der Waals surface area contributed by atoms with Crippen LogP contribution in [0.4, 0.5) is 0 Å². The van der Waals surface area contributed by atoms with Crippen LogP contribution in [-0.2, 0) is 9.53 Å². The third kappa shape index (κ3) is 31.2. The Morgan fingerprint density at radius 2 is 0.773 bits per heavy atom. The van der Waals surface area contributed by atoms with Crippen LogP contribution in [0.5, 0.6) is 0 Å². The van der Waals surface area contributed by atoms with Gasteiger partial charge in [0.25, 0.3) is 0 Å². The quantitative estimate of drug-likeness (QED) is 0.0396. The van der Waals surface area contributed by atoms with Crippen LogP contribution in [0, 0.1) is 11.8 Å². The summed E-state index contributed by atoms with van der Waals surface area (Å²) < 4.78 is 6.02. The molecular weight excluding hydrogens is 536 g/mol. The standard InChI is InChI=1S/C42H82O2/c1-5-9-13-16-19-20-21-22-23-24-25-26-29-33-37-41(36-32-28-18-15-11-7-3)42(43)44-39-38-40(34-30-12-8-4)35-31-27-17-14-10-6-2/h22-23,40-41H,5-21,24-39H2,1-4H3/b23-22-. The van der Waals surface area contributed by atoms with E-state index in [4.69, 9.17) is 4.74 Å². The molecule has 0 heterocycles. The van der Waals surface area contributed by atoms with Gasteiger partial charge in [0.05, 0.1) is 12.5 Å². The van der Waals surface area contributed by atoms with Crippen molar-refractivity contribution in [2.75, 3.05) is 6.61 Å². The molecular formula is C42H82O2. The molecule has 0 aliphatic carbocycles. The number of ether oxygens (including phenoxy) is 1. The second-order valence-corrected chi connectivity index (χ2v) is 14.1. The van der Waals surface area contributed by atoms with Crippen LogP contribution in [0.15, 0.2) is 12.2 Å². The number of hydrogen-bond acceptors (Lipinski definition) is 2. The van der Waals surface area contributed by atoms with Crippen LogP contribution in [-0.4, -0.2) is 12.6 Å². The molecule has 2 heteroatoms. The monoisotopic (exact) mass is 619 g/mol. The minimum absolute atomic E-state index is 0.114. The van der Waals surface area contributed by atoms with Crippen molar-refractivity contribution in [2.45, 2.75) is 233 Å². The molecule has 0 aromatic carbocycles. The fraction of sp³-hybridized carbons (Fsp3) is 0.929. The fourth-order valence-corrected chi connectivity index (χ4v) is 6.61. The number of esters is 1. The molecule has 0 saturated carbocycles. The fourth-order valence-electron chi connectivity index (χ4n) is 6.61. The highest BCUT2D eigenvalue weighted by atomic mass is 16.5. The first-order valence-electron chi connectivity index (χ1n) is 20.5. The SMILES string of the molecule is CCCCCCCC/C=C\CCCCCCC(CCCCCCCC)C(=O)OCCC(CCCCC)CCCCCCCC. The van der Waals surface area contributed by atoms with Gasteiger partial charge in [0.15, 0.2) is 0 Å². The summed E-state index contributed by atoms with van der Waals surface area (Å²) >= 11 is 0. The van der Waals surface area contributed by atoms with E-state index in [-0.39, 0.29) is 11.9 Å². The van der Waals surface area contributed by atoms with Gasteiger partial charge in [-0.2, -0.15) is 0 Å². The Balaban J connectivity index is 4.42. The zero-order chi connectivity index (χ0) is 32.2. The van der Waals surface area contributed by atoms with E-state index in [0.717, 1.165) is 25.2 Å². The van der Waals surface area contributed by atoms with E-state index in [1.807, 2.05) is 0 Å². The highest BCUT2D eigenvalue weighted by Gasteiger charge is 2.20. The van der Waals surface area contributed by atoms with Crippen LogP contribution in [0.1, 0.15) is 233 Å². The average Bonchev–Trinajstić information content (AvgIpc) is 3.03. The second kappa shape index (κ2) is 36.7. The molecule has 262 valence electrons. The third-order valence-electron chi connectivity index (χ3n) is 9.76. The normalized spacial score (nSPS) is 13.1. The maximum atomic E-state index is 13.2. The molecule has 2 atom stereocenters. The van der Waals surface area contributed by atoms with Crippen molar-refractivity contribution in [3.63, 3.8) is 0 Å². The molecule has 0 amide bonds. The zero-order valence-corrected chi connectivity index (χ0v) is 31.0. The lowest BCUT2D eigenvalue weighted by Gasteiger charge is -2.19. The second-order valence-electron chi connectivity index (χ2n) is 14.1. The third-order valence-corrected chi connectivity index (χ3v) is 9.76. The van der Waals surface area contributed by atoms with Crippen molar-refractivity contribution in [1.29, 1.82) is 0 Å². The molecule has 0 fully saturated rings. The molecule has 0 aromatic heterocycles. The maximum Gasteiger partial charge on any atom is 0.308 e. The van der Waals surface area contributed by atoms with Gasteiger partial charge < -0.3 is 4.74 Å². The Labute approximate surface area is 278 Å². The predicted octanol–water partition coefficient (Wildman–Crippen LogP) is 14.9. The van der Waals surface area contributed by atoms with Gasteiger partial charge in [-0.15, -0.1) is 0 Å². The summed E-state index contributed by atoms with van der Waals surface area (Å²) in [6, 6.07) is 0. The zero-order valence-electron chi connectivity index (χ0n) is 31.0. The number of carbonyl (C=O) groups excluding carboxylic acids is 1. The summed E-state index contributed by atoms with van der Waals surface area (Å²) in [5, 5.41) is 0. The lowest BCUT2D eigenvalue weighted by atomic mass is 9.92. The van der Waals surface area contributed by atoms with E-state index in [1.54, 1.807) is 0 Å². The van der Waals surface area contributed by atoms with Crippen molar-refractivity contribution in [3.8, 4) is 0 Å². The largest absolute Gasteiger partial charge is 0.465 e. The summed E-state index contributed by atoms with van der Waals surface area (Å²) in [5.41, 5.74) is 0. The highest BCUT2D eigenvalue weighted by molar-refractivity contribution is 5.72. The molecule has 0 aliphatic rings. The van der Waals surface area contributed by atoms with Gasteiger partial charge in [0.2, 0.25) is 0 Å². The topological polar surface area (TPSA) is 26.3 Å². The number of carbonyl (C=O) groups is 1. The van der Waals surface area contributed by atoms with Crippen molar-refractivity contribution in [2.24, 2.45) is 11.8 Å². The van der Waals surface area contributed by atoms with E-state index in [2.05, 4.69) is 39.8 Å². The molecule has 0 bridgehead atoms. The summed E-state index contributed by atoms with van der Waals surface area (Å²) in [4.78, 5) is 13.2. The number of hydrogen-bond donors (Lipinski definition) is 0. The Morgan fingerprint density at radius 1 is 0.432 bits per heavy atom. The van der Waals surface area contributed by atoms with E-state index in [0.29, 0.717) is 6.61 Å². The first-order valence-corrected chi connectivity index (χ1v) is 20.5. The van der Waals surface area contributed by atoms with Crippen molar-refractivity contribution >= 4 is 5.97 Å². The van der Waals surface area contributed by atoms with Gasteiger partial charge in [0.1, 0.15) is 0 Å². The van der Waals surface area contributed by atoms with E-state index in [1.165, 1.54) is 186 Å². The average molecular weight is 619 g/mol. The van der Waals surface area contributed by atoms with E-state index in [9.17, 15) is 4.79 Å². The van der Waals surface area contributed by atoms with Crippen molar-refractivity contribution < 1.29 is 9.53 Å². The Kier molecular flexibility index (Phi) is 36.0. The molecule has 0 aromatic rings. The Hall–Kier alpha value is -0.790. The van der Waals surface area contributed by atoms with Gasteiger partial charge in [-0.25, -0.2) is 0 Å². The molecule has 2 unspecified atom stereocenters. The van der Waals surface area contributed by atoms with Gasteiger partial charge in [-0.05, 0) is 50.9 Å². The van der Waals surface area contributed by atoms with Crippen molar-refractivity contribution in [1.82, 2.24) is 0 Å². The van der Waals surface area contributed by atoms with Crippen LogP contribution >= 0.6 is 0 Å². The smallest absolute Gasteiger partial charge is 0.308 e. The minimum atomic E-state index is 0.114. The van der Waals surface area contributed by atoms with Crippen LogP contribution in [0.2, 0.25) is 0 Å². The molecule has 0 saturated heterocycles. The number of allylic oxidation sites excluding steroid dienone is 2. The summed E-state index contributed by atoms with van der Waals surface area (Å²) in [6.07, 6.45) is 46.3. The first kappa shape index (κ1) is 43.2. The molecule has 0 aliphatic heterocycles. The Bertz CT molecular complexity index is 582. The molecule has 0 spiro atoms. The number of rotatable bonds is 36. The van der Waals surface area contributed by atoms with Crippen molar-refractivity contribution in [3.05, 3.63) is 12.2 Å². The molecule has 0 rings (SSSR count). The van der Waals surface area contributed by atoms with Gasteiger partial charge in [-0.3, -0.25) is 4.79 Å². The van der Waals surface area contributed by atoms with Gasteiger partial charge >= 0.3 is 5.97 Å². The lowest BCUT2D eigenvalue weighted by Crippen LogP contribution is -2.20. The summed E-state index contributed by atoms with van der Waals surface area (Å²) in [7, 11) is 0. The van der Waals surface area contributed by atoms with Crippen LogP contribution < -0.4 is 0 Å². The first-order chi connectivity index (χ1) is 21.7. The molecule has 2 nitrogen and oxygen atoms in total. The molecule has 0 N–H and O–H groups in total. The van der Waals surface area contributed by atoms with E-state index >= 15 is 0 Å². The van der Waals surface area contributed by atoms with Crippen LogP contribution in [0.25, 0.3) is 0 Å². The van der Waals surface area contributed by atoms with Crippen LogP contribution in [0.3, 0.4) is 0 Å². The number of unbranched alkanes of at least 4 members (excludes halogenated alkanes) is 22. The summed E-state index contributed by atoms with van der Waals surface area (Å²) in [5.74, 6) is 0.968. The Morgan fingerprint density at radius 3 is 1.23 bits per heavy atom.